The van der Waals surface area contributed by atoms with E-state index in [1.165, 1.54) is 18.2 Å². The van der Waals surface area contributed by atoms with Gasteiger partial charge in [-0.25, -0.2) is 8.78 Å². The van der Waals surface area contributed by atoms with E-state index in [1.54, 1.807) is 11.9 Å². The standard InChI is InChI=1S/C21H34F2N6/c1-16(14-28-11-9-27(3)10-12-28)13-25-21(24-2)26-17-7-8-29(15-17)20-18(22)5-4-6-19(20)23/h4-6,16-17H,7-15H2,1-3H3,(H2,24,25,26). The number of nitrogens with zero attached hydrogens (tertiary/aromatic N) is 4. The lowest BCUT2D eigenvalue weighted by molar-refractivity contribution is 0.139. The minimum Gasteiger partial charge on any atom is -0.365 e. The molecule has 0 bridgehead atoms. The summed E-state index contributed by atoms with van der Waals surface area (Å²) in [5.74, 6) is 0.234. The Morgan fingerprint density at radius 1 is 1.17 bits per heavy atom. The van der Waals surface area contributed by atoms with E-state index in [4.69, 9.17) is 0 Å². The fraction of sp³-hybridized carbons (Fsp3) is 0.667. The number of halogens is 2. The van der Waals surface area contributed by atoms with Crippen molar-refractivity contribution in [2.24, 2.45) is 10.9 Å². The molecule has 0 radical (unpaired) electrons. The predicted octanol–water partition coefficient (Wildman–Crippen LogP) is 1.59. The highest BCUT2D eigenvalue weighted by molar-refractivity contribution is 5.80. The molecule has 162 valence electrons. The van der Waals surface area contributed by atoms with Crippen molar-refractivity contribution in [3.63, 3.8) is 0 Å². The number of piperazine rings is 1. The van der Waals surface area contributed by atoms with Crippen LogP contribution in [0.1, 0.15) is 13.3 Å². The fourth-order valence-corrected chi connectivity index (χ4v) is 4.07. The number of rotatable bonds is 6. The SMILES string of the molecule is CN=C(NCC(C)CN1CCN(C)CC1)NC1CCN(c2c(F)cccc2F)C1. The minimum atomic E-state index is -0.508. The monoisotopic (exact) mass is 408 g/mol. The maximum absolute atomic E-state index is 14.0. The van der Waals surface area contributed by atoms with E-state index in [0.29, 0.717) is 19.0 Å². The zero-order valence-electron chi connectivity index (χ0n) is 17.8. The molecule has 1 aromatic carbocycles. The van der Waals surface area contributed by atoms with E-state index in [1.807, 2.05) is 0 Å². The number of hydrogen-bond acceptors (Lipinski definition) is 4. The van der Waals surface area contributed by atoms with Crippen molar-refractivity contribution < 1.29 is 8.78 Å². The summed E-state index contributed by atoms with van der Waals surface area (Å²) in [5, 5.41) is 6.81. The molecule has 2 heterocycles. The number of nitrogens with one attached hydrogen (secondary N) is 2. The van der Waals surface area contributed by atoms with Crippen molar-refractivity contribution in [3.05, 3.63) is 29.8 Å². The van der Waals surface area contributed by atoms with Crippen molar-refractivity contribution in [2.45, 2.75) is 19.4 Å². The highest BCUT2D eigenvalue weighted by atomic mass is 19.1. The molecule has 2 aliphatic rings. The molecule has 0 amide bonds. The number of anilines is 1. The summed E-state index contributed by atoms with van der Waals surface area (Å²) in [5.41, 5.74) is 0.0699. The quantitative estimate of drug-likeness (QED) is 0.553. The smallest absolute Gasteiger partial charge is 0.191 e. The van der Waals surface area contributed by atoms with Crippen LogP contribution in [0.2, 0.25) is 0 Å². The van der Waals surface area contributed by atoms with E-state index in [2.05, 4.69) is 39.4 Å². The molecule has 6 nitrogen and oxygen atoms in total. The molecular weight excluding hydrogens is 374 g/mol. The summed E-state index contributed by atoms with van der Waals surface area (Å²) in [7, 11) is 3.92. The molecule has 2 atom stereocenters. The van der Waals surface area contributed by atoms with Gasteiger partial charge in [0.1, 0.15) is 17.3 Å². The van der Waals surface area contributed by atoms with Gasteiger partial charge in [0, 0.05) is 65.4 Å². The van der Waals surface area contributed by atoms with Crippen LogP contribution >= 0.6 is 0 Å². The Balaban J connectivity index is 1.43. The van der Waals surface area contributed by atoms with Crippen molar-refractivity contribution in [3.8, 4) is 0 Å². The number of likely N-dealkylation sites (N-methyl/N-ethyl adjacent to an activating group) is 1. The summed E-state index contributed by atoms with van der Waals surface area (Å²) in [6.45, 7) is 9.83. The second kappa shape index (κ2) is 10.2. The van der Waals surface area contributed by atoms with Gasteiger partial charge in [-0.15, -0.1) is 0 Å². The van der Waals surface area contributed by atoms with Gasteiger partial charge in [0.15, 0.2) is 5.96 Å². The van der Waals surface area contributed by atoms with Gasteiger partial charge in [-0.05, 0) is 31.5 Å². The second-order valence-corrected chi connectivity index (χ2v) is 8.31. The summed E-state index contributed by atoms with van der Waals surface area (Å²) in [4.78, 5) is 11.0. The average molecular weight is 409 g/mol. The lowest BCUT2D eigenvalue weighted by Gasteiger charge is -2.34. The number of guanidine groups is 1. The lowest BCUT2D eigenvalue weighted by atomic mass is 10.1. The Bertz CT molecular complexity index is 669. The van der Waals surface area contributed by atoms with Gasteiger partial charge in [0.05, 0.1) is 0 Å². The van der Waals surface area contributed by atoms with Gasteiger partial charge in [-0.3, -0.25) is 4.99 Å². The Kier molecular flexibility index (Phi) is 7.66. The van der Waals surface area contributed by atoms with Crippen LogP contribution in [-0.2, 0) is 0 Å². The van der Waals surface area contributed by atoms with Crippen LogP contribution in [-0.4, -0.2) is 88.3 Å². The molecule has 0 spiro atoms. The molecule has 29 heavy (non-hydrogen) atoms. The van der Waals surface area contributed by atoms with Crippen molar-refractivity contribution in [1.29, 1.82) is 0 Å². The van der Waals surface area contributed by atoms with Crippen LogP contribution in [0.4, 0.5) is 14.5 Å². The Labute approximate surface area is 172 Å². The summed E-state index contributed by atoms with van der Waals surface area (Å²) < 4.78 is 28.1. The third kappa shape index (κ3) is 6.02. The molecule has 2 fully saturated rings. The van der Waals surface area contributed by atoms with E-state index >= 15 is 0 Å². The maximum Gasteiger partial charge on any atom is 0.191 e. The van der Waals surface area contributed by atoms with E-state index in [9.17, 15) is 8.78 Å². The first kappa shape index (κ1) is 21.8. The van der Waals surface area contributed by atoms with Crippen LogP contribution in [0.25, 0.3) is 0 Å². The van der Waals surface area contributed by atoms with Crippen LogP contribution in [0, 0.1) is 17.6 Å². The van der Waals surface area contributed by atoms with Gasteiger partial charge in [0.25, 0.3) is 0 Å². The number of aliphatic imine (C=N–C) groups is 1. The van der Waals surface area contributed by atoms with Crippen LogP contribution < -0.4 is 15.5 Å². The molecule has 1 aromatic rings. The zero-order chi connectivity index (χ0) is 20.8. The molecule has 0 saturated carbocycles. The summed E-state index contributed by atoms with van der Waals surface area (Å²) >= 11 is 0. The predicted molar refractivity (Wildman–Crippen MR) is 115 cm³/mol. The van der Waals surface area contributed by atoms with Gasteiger partial charge >= 0.3 is 0 Å². The molecule has 3 rings (SSSR count). The van der Waals surface area contributed by atoms with Crippen LogP contribution in [0.3, 0.4) is 0 Å². The summed E-state index contributed by atoms with van der Waals surface area (Å²) in [6.07, 6.45) is 0.811. The van der Waals surface area contributed by atoms with Crippen molar-refractivity contribution >= 4 is 11.6 Å². The summed E-state index contributed by atoms with van der Waals surface area (Å²) in [6, 6.07) is 4.12. The number of benzene rings is 1. The second-order valence-electron chi connectivity index (χ2n) is 8.31. The molecule has 2 N–H and O–H groups in total. The molecule has 0 aliphatic carbocycles. The van der Waals surface area contributed by atoms with E-state index < -0.39 is 11.6 Å². The first-order chi connectivity index (χ1) is 14.0. The largest absolute Gasteiger partial charge is 0.365 e. The average Bonchev–Trinajstić information content (AvgIpc) is 3.15. The minimum absolute atomic E-state index is 0.0699. The first-order valence-electron chi connectivity index (χ1n) is 10.5. The Morgan fingerprint density at radius 2 is 1.86 bits per heavy atom. The Morgan fingerprint density at radius 3 is 2.52 bits per heavy atom. The Hall–Kier alpha value is -1.93. The maximum atomic E-state index is 14.0. The lowest BCUT2D eigenvalue weighted by Crippen LogP contribution is -2.49. The topological polar surface area (TPSA) is 46.1 Å². The normalized spacial score (nSPS) is 22.7. The molecule has 0 aromatic heterocycles. The van der Waals surface area contributed by atoms with E-state index in [0.717, 1.165) is 51.6 Å². The van der Waals surface area contributed by atoms with Gasteiger partial charge in [-0.1, -0.05) is 13.0 Å². The molecule has 2 saturated heterocycles. The highest BCUT2D eigenvalue weighted by Gasteiger charge is 2.27. The number of para-hydroxylation sites is 1. The van der Waals surface area contributed by atoms with E-state index in [-0.39, 0.29) is 11.7 Å². The third-order valence-corrected chi connectivity index (χ3v) is 5.79. The fourth-order valence-electron chi connectivity index (χ4n) is 4.07. The zero-order valence-corrected chi connectivity index (χ0v) is 17.8. The number of hydrogen-bond donors (Lipinski definition) is 2. The van der Waals surface area contributed by atoms with Crippen LogP contribution in [0.15, 0.2) is 23.2 Å². The molecule has 2 unspecified atom stereocenters. The molecular formula is C21H34F2N6. The van der Waals surface area contributed by atoms with Gasteiger partial charge in [0.2, 0.25) is 0 Å². The van der Waals surface area contributed by atoms with Gasteiger partial charge in [-0.2, -0.15) is 0 Å². The molecule has 8 heteroatoms. The third-order valence-electron chi connectivity index (χ3n) is 5.79. The van der Waals surface area contributed by atoms with Crippen molar-refractivity contribution in [2.75, 3.05) is 71.4 Å². The van der Waals surface area contributed by atoms with Crippen molar-refractivity contribution in [1.82, 2.24) is 20.4 Å². The molecule has 2 aliphatic heterocycles. The highest BCUT2D eigenvalue weighted by Crippen LogP contribution is 2.26. The first-order valence-corrected chi connectivity index (χ1v) is 10.5. The van der Waals surface area contributed by atoms with Gasteiger partial charge < -0.3 is 25.3 Å². The van der Waals surface area contributed by atoms with Crippen LogP contribution in [0.5, 0.6) is 0 Å².